The van der Waals surface area contributed by atoms with Crippen molar-refractivity contribution in [3.63, 3.8) is 0 Å². The van der Waals surface area contributed by atoms with Crippen LogP contribution >= 0.6 is 0 Å². The van der Waals surface area contributed by atoms with Crippen LogP contribution in [0, 0.1) is 5.92 Å². The number of nitrogens with one attached hydrogen (secondary N) is 2. The lowest BCUT2D eigenvalue weighted by Gasteiger charge is -2.24. The zero-order valence-electron chi connectivity index (χ0n) is 18.8. The Labute approximate surface area is 188 Å². The number of alkyl carbamates (subject to hydrolysis) is 1. The van der Waals surface area contributed by atoms with Gasteiger partial charge in [0.2, 0.25) is 5.91 Å². The van der Waals surface area contributed by atoms with Crippen LogP contribution in [0.2, 0.25) is 0 Å². The first-order valence-corrected chi connectivity index (χ1v) is 10.3. The van der Waals surface area contributed by atoms with E-state index < -0.39 is 30.1 Å². The van der Waals surface area contributed by atoms with Crippen molar-refractivity contribution in [2.75, 3.05) is 14.2 Å². The number of hydrogen-bond donors (Lipinski definition) is 2. The number of benzene rings is 2. The van der Waals surface area contributed by atoms with E-state index in [-0.39, 0.29) is 18.9 Å². The van der Waals surface area contributed by atoms with Crippen LogP contribution < -0.4 is 15.4 Å². The summed E-state index contributed by atoms with van der Waals surface area (Å²) in [5.74, 6) is -0.632. The molecule has 2 atom stereocenters. The zero-order chi connectivity index (χ0) is 23.5. The second kappa shape index (κ2) is 12.3. The summed E-state index contributed by atoms with van der Waals surface area (Å²) in [6.07, 6.45) is -0.487. The smallest absolute Gasteiger partial charge is 0.408 e. The SMILES string of the molecule is COC(=O)[C@@H](Cc1ccc(OC)cc1)NC(=O)[C@H](NC(=O)OCc1ccccc1)C(C)C. The van der Waals surface area contributed by atoms with E-state index in [2.05, 4.69) is 10.6 Å². The van der Waals surface area contributed by atoms with Crippen molar-refractivity contribution in [3.8, 4) is 5.75 Å². The predicted octanol–water partition coefficient (Wildman–Crippen LogP) is 2.85. The fraction of sp³-hybridized carbons (Fsp3) is 0.375. The van der Waals surface area contributed by atoms with E-state index in [4.69, 9.17) is 14.2 Å². The standard InChI is InChI=1S/C24H30N2O6/c1-16(2)21(26-24(29)32-15-18-8-6-5-7-9-18)22(27)25-20(23(28)31-4)14-17-10-12-19(30-3)13-11-17/h5-13,16,20-21H,14-15H2,1-4H3,(H,25,27)(H,26,29)/t20-,21-/m1/s1. The molecule has 0 aliphatic carbocycles. The van der Waals surface area contributed by atoms with Gasteiger partial charge in [-0.15, -0.1) is 0 Å². The molecule has 0 unspecified atom stereocenters. The first kappa shape index (κ1) is 24.7. The third-order valence-corrected chi connectivity index (χ3v) is 4.84. The monoisotopic (exact) mass is 442 g/mol. The van der Waals surface area contributed by atoms with Crippen LogP contribution in [0.25, 0.3) is 0 Å². The largest absolute Gasteiger partial charge is 0.497 e. The van der Waals surface area contributed by atoms with Gasteiger partial charge >= 0.3 is 12.1 Å². The molecule has 0 aromatic heterocycles. The van der Waals surface area contributed by atoms with Crippen LogP contribution in [0.15, 0.2) is 54.6 Å². The molecule has 172 valence electrons. The van der Waals surface area contributed by atoms with Gasteiger partial charge in [-0.2, -0.15) is 0 Å². The highest BCUT2D eigenvalue weighted by atomic mass is 16.5. The molecule has 0 aliphatic rings. The zero-order valence-corrected chi connectivity index (χ0v) is 18.8. The normalized spacial score (nSPS) is 12.4. The van der Waals surface area contributed by atoms with Crippen molar-refractivity contribution in [2.45, 2.75) is 39.0 Å². The summed E-state index contributed by atoms with van der Waals surface area (Å²) in [7, 11) is 2.82. The number of esters is 1. The summed E-state index contributed by atoms with van der Waals surface area (Å²) in [5, 5.41) is 5.28. The van der Waals surface area contributed by atoms with Crippen molar-refractivity contribution < 1.29 is 28.6 Å². The van der Waals surface area contributed by atoms with E-state index in [9.17, 15) is 14.4 Å². The molecule has 2 rings (SSSR count). The van der Waals surface area contributed by atoms with E-state index in [1.54, 1.807) is 45.2 Å². The molecular formula is C24H30N2O6. The molecule has 32 heavy (non-hydrogen) atoms. The van der Waals surface area contributed by atoms with Gasteiger partial charge in [0.1, 0.15) is 24.4 Å². The van der Waals surface area contributed by atoms with Crippen LogP contribution in [0.4, 0.5) is 4.79 Å². The fourth-order valence-corrected chi connectivity index (χ4v) is 3.02. The van der Waals surface area contributed by atoms with Crippen LogP contribution in [-0.4, -0.2) is 44.3 Å². The van der Waals surface area contributed by atoms with Crippen molar-refractivity contribution in [1.29, 1.82) is 0 Å². The van der Waals surface area contributed by atoms with Gasteiger partial charge in [-0.3, -0.25) is 4.79 Å². The Morgan fingerprint density at radius 1 is 0.875 bits per heavy atom. The first-order chi connectivity index (χ1) is 15.3. The minimum Gasteiger partial charge on any atom is -0.497 e. The Balaban J connectivity index is 2.01. The maximum Gasteiger partial charge on any atom is 0.408 e. The molecule has 2 N–H and O–H groups in total. The predicted molar refractivity (Wildman–Crippen MR) is 119 cm³/mol. The van der Waals surface area contributed by atoms with Gasteiger partial charge < -0.3 is 24.8 Å². The molecule has 8 nitrogen and oxygen atoms in total. The van der Waals surface area contributed by atoms with Crippen LogP contribution in [0.5, 0.6) is 5.75 Å². The molecule has 2 amide bonds. The Morgan fingerprint density at radius 3 is 2.09 bits per heavy atom. The summed E-state index contributed by atoms with van der Waals surface area (Å²) in [6, 6.07) is 14.6. The van der Waals surface area contributed by atoms with Gasteiger partial charge in [0.05, 0.1) is 14.2 Å². The van der Waals surface area contributed by atoms with Gasteiger partial charge in [-0.25, -0.2) is 9.59 Å². The molecule has 2 aromatic carbocycles. The summed E-state index contributed by atoms with van der Waals surface area (Å²) < 4.78 is 15.2. The third kappa shape index (κ3) is 7.61. The second-order valence-corrected chi connectivity index (χ2v) is 7.56. The third-order valence-electron chi connectivity index (χ3n) is 4.84. The molecule has 0 radical (unpaired) electrons. The van der Waals surface area contributed by atoms with Crippen molar-refractivity contribution >= 4 is 18.0 Å². The van der Waals surface area contributed by atoms with Crippen LogP contribution in [0.1, 0.15) is 25.0 Å². The van der Waals surface area contributed by atoms with Gasteiger partial charge in [-0.1, -0.05) is 56.3 Å². The number of methoxy groups -OCH3 is 2. The number of carbonyl (C=O) groups is 3. The Morgan fingerprint density at radius 2 is 1.53 bits per heavy atom. The molecule has 0 bridgehead atoms. The summed E-state index contributed by atoms with van der Waals surface area (Å²) >= 11 is 0. The number of amides is 2. The molecule has 0 saturated heterocycles. The number of rotatable bonds is 10. The topological polar surface area (TPSA) is 103 Å². The molecule has 0 aliphatic heterocycles. The average molecular weight is 443 g/mol. The maximum absolute atomic E-state index is 12.9. The van der Waals surface area contributed by atoms with Crippen LogP contribution in [0.3, 0.4) is 0 Å². The molecule has 0 fully saturated rings. The van der Waals surface area contributed by atoms with E-state index in [1.165, 1.54) is 7.11 Å². The van der Waals surface area contributed by atoms with Gasteiger partial charge in [-0.05, 0) is 29.2 Å². The van der Waals surface area contributed by atoms with Gasteiger partial charge in [0, 0.05) is 6.42 Å². The fourth-order valence-electron chi connectivity index (χ4n) is 3.02. The van der Waals surface area contributed by atoms with E-state index in [0.717, 1.165) is 11.1 Å². The van der Waals surface area contributed by atoms with Crippen molar-refractivity contribution in [2.24, 2.45) is 5.92 Å². The van der Waals surface area contributed by atoms with E-state index in [1.807, 2.05) is 30.3 Å². The maximum atomic E-state index is 12.9. The molecular weight excluding hydrogens is 412 g/mol. The molecule has 0 spiro atoms. The Hall–Kier alpha value is -3.55. The quantitative estimate of drug-likeness (QED) is 0.549. The highest BCUT2D eigenvalue weighted by Gasteiger charge is 2.29. The second-order valence-electron chi connectivity index (χ2n) is 7.56. The van der Waals surface area contributed by atoms with Crippen LogP contribution in [-0.2, 0) is 32.1 Å². The molecule has 0 heterocycles. The lowest BCUT2D eigenvalue weighted by Crippen LogP contribution is -2.54. The number of carbonyl (C=O) groups excluding carboxylic acids is 3. The summed E-state index contributed by atoms with van der Waals surface area (Å²) in [6.45, 7) is 3.66. The van der Waals surface area contributed by atoms with E-state index >= 15 is 0 Å². The number of ether oxygens (including phenoxy) is 3. The minimum atomic E-state index is -0.913. The molecule has 0 saturated carbocycles. The highest BCUT2D eigenvalue weighted by molar-refractivity contribution is 5.90. The Bertz CT molecular complexity index is 883. The van der Waals surface area contributed by atoms with E-state index in [0.29, 0.717) is 5.75 Å². The first-order valence-electron chi connectivity index (χ1n) is 10.3. The molecule has 8 heteroatoms. The summed E-state index contributed by atoms with van der Waals surface area (Å²) in [5.41, 5.74) is 1.65. The number of hydrogen-bond acceptors (Lipinski definition) is 6. The lowest BCUT2D eigenvalue weighted by molar-refractivity contribution is -0.145. The van der Waals surface area contributed by atoms with Gasteiger partial charge in [0.15, 0.2) is 0 Å². The minimum absolute atomic E-state index is 0.0847. The van der Waals surface area contributed by atoms with Crippen molar-refractivity contribution in [3.05, 3.63) is 65.7 Å². The summed E-state index contributed by atoms with van der Waals surface area (Å²) in [4.78, 5) is 37.4. The molecule has 2 aromatic rings. The lowest BCUT2D eigenvalue weighted by atomic mass is 10.0. The Kier molecular flexibility index (Phi) is 9.53. The van der Waals surface area contributed by atoms with Gasteiger partial charge in [0.25, 0.3) is 0 Å². The van der Waals surface area contributed by atoms with Crippen molar-refractivity contribution in [1.82, 2.24) is 10.6 Å². The average Bonchev–Trinajstić information content (AvgIpc) is 2.81. The highest BCUT2D eigenvalue weighted by Crippen LogP contribution is 2.14.